The van der Waals surface area contributed by atoms with Crippen LogP contribution in [0.2, 0.25) is 5.02 Å². The summed E-state index contributed by atoms with van der Waals surface area (Å²) in [5.41, 5.74) is 2.07. The predicted molar refractivity (Wildman–Crippen MR) is 112 cm³/mol. The molecule has 1 fully saturated rings. The molecule has 1 N–H and O–H groups in total. The van der Waals surface area contributed by atoms with Gasteiger partial charge in [0.1, 0.15) is 5.82 Å². The Morgan fingerprint density at radius 2 is 2.00 bits per heavy atom. The Morgan fingerprint density at radius 3 is 2.73 bits per heavy atom. The number of amides is 1. The molecule has 2 heterocycles. The van der Waals surface area contributed by atoms with E-state index < -0.39 is 0 Å². The number of nitrogens with one attached hydrogen (secondary N) is 1. The number of aromatic nitrogens is 3. The zero-order valence-corrected chi connectivity index (χ0v) is 17.3. The molecule has 4 rings (SSSR count). The molecule has 1 amide bonds. The number of halogens is 2. The number of hydrogen-bond acceptors (Lipinski definition) is 4. The van der Waals surface area contributed by atoms with Crippen molar-refractivity contribution < 1.29 is 13.9 Å². The van der Waals surface area contributed by atoms with Crippen LogP contribution in [0.5, 0.6) is 0 Å². The number of carbonyl (C=O) groups excluding carboxylic acids is 1. The smallest absolute Gasteiger partial charge is 0.273 e. The van der Waals surface area contributed by atoms with Crippen LogP contribution in [0.4, 0.5) is 4.39 Å². The molecular weight excluding hydrogens is 407 g/mol. The Bertz CT molecular complexity index is 1060. The van der Waals surface area contributed by atoms with Crippen molar-refractivity contribution in [2.45, 2.75) is 25.2 Å². The quantitative estimate of drug-likeness (QED) is 0.670. The van der Waals surface area contributed by atoms with Gasteiger partial charge in [0.15, 0.2) is 5.69 Å². The van der Waals surface area contributed by atoms with Gasteiger partial charge in [0.05, 0.1) is 11.4 Å². The average Bonchev–Trinajstić information content (AvgIpc) is 3.14. The van der Waals surface area contributed by atoms with Crippen molar-refractivity contribution in [1.29, 1.82) is 0 Å². The van der Waals surface area contributed by atoms with Crippen LogP contribution < -0.4 is 5.32 Å². The van der Waals surface area contributed by atoms with E-state index in [-0.39, 0.29) is 22.8 Å². The third-order valence-electron chi connectivity index (χ3n) is 5.64. The van der Waals surface area contributed by atoms with E-state index in [1.54, 1.807) is 29.8 Å². The fourth-order valence-electron chi connectivity index (χ4n) is 3.87. The summed E-state index contributed by atoms with van der Waals surface area (Å²) < 4.78 is 20.9. The molecule has 0 radical (unpaired) electrons. The second-order valence-electron chi connectivity index (χ2n) is 7.50. The lowest BCUT2D eigenvalue weighted by Crippen LogP contribution is -2.44. The monoisotopic (exact) mass is 428 g/mol. The molecule has 0 spiro atoms. The first-order valence-electron chi connectivity index (χ1n) is 9.79. The van der Waals surface area contributed by atoms with Crippen LogP contribution in [0.3, 0.4) is 0 Å². The first-order valence-corrected chi connectivity index (χ1v) is 10.2. The van der Waals surface area contributed by atoms with Gasteiger partial charge < -0.3 is 10.1 Å². The minimum atomic E-state index is -0.382. The lowest BCUT2D eigenvalue weighted by Gasteiger charge is -2.37. The van der Waals surface area contributed by atoms with Gasteiger partial charge >= 0.3 is 0 Å². The van der Waals surface area contributed by atoms with Crippen molar-refractivity contribution >= 4 is 17.5 Å². The largest absolute Gasteiger partial charge is 0.381 e. The first kappa shape index (κ1) is 20.5. The molecular formula is C22H22ClFN4O2. The molecule has 30 heavy (non-hydrogen) atoms. The number of rotatable bonds is 5. The van der Waals surface area contributed by atoms with E-state index in [1.807, 2.05) is 18.2 Å². The van der Waals surface area contributed by atoms with Gasteiger partial charge in [-0.2, -0.15) is 0 Å². The average molecular weight is 429 g/mol. The highest BCUT2D eigenvalue weighted by atomic mass is 35.5. The van der Waals surface area contributed by atoms with Crippen molar-refractivity contribution in [3.05, 3.63) is 76.3 Å². The minimum Gasteiger partial charge on any atom is -0.381 e. The molecule has 0 saturated carbocycles. The van der Waals surface area contributed by atoms with E-state index >= 15 is 0 Å². The third-order valence-corrected chi connectivity index (χ3v) is 5.87. The van der Waals surface area contributed by atoms with Gasteiger partial charge in [-0.1, -0.05) is 35.0 Å². The van der Waals surface area contributed by atoms with Crippen LogP contribution in [0.15, 0.2) is 48.5 Å². The van der Waals surface area contributed by atoms with Gasteiger partial charge in [-0.05, 0) is 55.7 Å². The first-order chi connectivity index (χ1) is 14.5. The Balaban J connectivity index is 1.55. The molecule has 0 atom stereocenters. The second kappa shape index (κ2) is 8.53. The molecule has 1 aliphatic heterocycles. The van der Waals surface area contributed by atoms with Crippen LogP contribution in [0.25, 0.3) is 5.69 Å². The third kappa shape index (κ3) is 4.08. The van der Waals surface area contributed by atoms with Crippen LogP contribution >= 0.6 is 11.6 Å². The zero-order chi connectivity index (χ0) is 21.1. The van der Waals surface area contributed by atoms with Crippen molar-refractivity contribution in [1.82, 2.24) is 20.3 Å². The summed E-state index contributed by atoms with van der Waals surface area (Å²) in [5.74, 6) is -0.604. The molecule has 156 valence electrons. The Hall–Kier alpha value is -2.77. The molecule has 6 nitrogen and oxygen atoms in total. The Morgan fingerprint density at radius 1 is 1.23 bits per heavy atom. The van der Waals surface area contributed by atoms with Gasteiger partial charge in [-0.15, -0.1) is 5.10 Å². The van der Waals surface area contributed by atoms with E-state index in [9.17, 15) is 9.18 Å². The molecule has 0 bridgehead atoms. The van der Waals surface area contributed by atoms with E-state index in [4.69, 9.17) is 16.3 Å². The van der Waals surface area contributed by atoms with Crippen molar-refractivity contribution in [2.24, 2.45) is 0 Å². The van der Waals surface area contributed by atoms with Crippen LogP contribution in [0.1, 0.15) is 34.6 Å². The molecule has 8 heteroatoms. The molecule has 0 aliphatic carbocycles. The minimum absolute atomic E-state index is 0.247. The fraction of sp³-hybridized carbons (Fsp3) is 0.318. The molecule has 0 unspecified atom stereocenters. The van der Waals surface area contributed by atoms with E-state index in [2.05, 4.69) is 15.6 Å². The Labute approximate surface area is 179 Å². The van der Waals surface area contributed by atoms with Crippen molar-refractivity contribution in [2.75, 3.05) is 19.8 Å². The lowest BCUT2D eigenvalue weighted by atomic mass is 9.74. The second-order valence-corrected chi connectivity index (χ2v) is 7.94. The van der Waals surface area contributed by atoms with Crippen LogP contribution in [-0.4, -0.2) is 40.7 Å². The maximum Gasteiger partial charge on any atom is 0.273 e. The highest BCUT2D eigenvalue weighted by Gasteiger charge is 2.35. The molecule has 1 aliphatic rings. The number of carbonyl (C=O) groups is 1. The maximum absolute atomic E-state index is 13.9. The highest BCUT2D eigenvalue weighted by molar-refractivity contribution is 6.30. The summed E-state index contributed by atoms with van der Waals surface area (Å²) >= 11 is 6.06. The van der Waals surface area contributed by atoms with Crippen LogP contribution in [0, 0.1) is 12.7 Å². The lowest BCUT2D eigenvalue weighted by molar-refractivity contribution is 0.0485. The zero-order valence-electron chi connectivity index (χ0n) is 16.6. The molecule has 1 saturated heterocycles. The summed E-state index contributed by atoms with van der Waals surface area (Å²) in [6.07, 6.45) is 1.40. The summed E-state index contributed by atoms with van der Waals surface area (Å²) in [7, 11) is 0. The molecule has 3 aromatic rings. The van der Waals surface area contributed by atoms with Gasteiger partial charge in [0.25, 0.3) is 5.91 Å². The van der Waals surface area contributed by atoms with Gasteiger partial charge in [-0.25, -0.2) is 9.07 Å². The number of benzene rings is 2. The standard InChI is InChI=1S/C22H22ClFN4O2/c1-15-20(26-27-28(15)19-7-3-5-17(23)13-19)21(29)25-14-22(8-10-30-11-9-22)16-4-2-6-18(24)12-16/h2-7,12-13H,8-11,14H2,1H3,(H,25,29). The SMILES string of the molecule is Cc1c(C(=O)NCC2(c3cccc(F)c3)CCOCC2)nnn1-c1cccc(Cl)c1. The van der Waals surface area contributed by atoms with E-state index in [0.29, 0.717) is 43.3 Å². The van der Waals surface area contributed by atoms with Crippen molar-refractivity contribution in [3.63, 3.8) is 0 Å². The normalized spacial score (nSPS) is 15.7. The Kier molecular flexibility index (Phi) is 5.83. The molecule has 2 aromatic carbocycles. The van der Waals surface area contributed by atoms with Crippen molar-refractivity contribution in [3.8, 4) is 5.69 Å². The van der Waals surface area contributed by atoms with E-state index in [1.165, 1.54) is 12.1 Å². The summed E-state index contributed by atoms with van der Waals surface area (Å²) in [6, 6.07) is 13.7. The highest BCUT2D eigenvalue weighted by Crippen LogP contribution is 2.34. The van der Waals surface area contributed by atoms with E-state index in [0.717, 1.165) is 11.3 Å². The van der Waals surface area contributed by atoms with Gasteiger partial charge in [0.2, 0.25) is 0 Å². The number of nitrogens with zero attached hydrogens (tertiary/aromatic N) is 3. The molecule has 1 aromatic heterocycles. The summed E-state index contributed by atoms with van der Waals surface area (Å²) in [5, 5.41) is 11.7. The number of ether oxygens (including phenoxy) is 1. The maximum atomic E-state index is 13.9. The fourth-order valence-corrected chi connectivity index (χ4v) is 4.06. The topological polar surface area (TPSA) is 69.0 Å². The van der Waals surface area contributed by atoms with Gasteiger partial charge in [-0.3, -0.25) is 4.79 Å². The van der Waals surface area contributed by atoms with Crippen LogP contribution in [-0.2, 0) is 10.2 Å². The summed E-state index contributed by atoms with van der Waals surface area (Å²) in [6.45, 7) is 3.28. The summed E-state index contributed by atoms with van der Waals surface area (Å²) in [4.78, 5) is 12.9. The number of hydrogen-bond donors (Lipinski definition) is 1. The predicted octanol–water partition coefficient (Wildman–Crippen LogP) is 3.85. The van der Waals surface area contributed by atoms with Gasteiger partial charge in [0, 0.05) is 30.2 Å².